The lowest BCUT2D eigenvalue weighted by Crippen LogP contribution is -1.91. The van der Waals surface area contributed by atoms with Crippen molar-refractivity contribution in [3.8, 4) is 11.6 Å². The highest BCUT2D eigenvalue weighted by atomic mass is 16.5. The summed E-state index contributed by atoms with van der Waals surface area (Å²) in [5, 5.41) is 12.5. The minimum Gasteiger partial charge on any atom is -0.396 e. The quantitative estimate of drug-likeness (QED) is 0.770. The maximum atomic E-state index is 8.65. The van der Waals surface area contributed by atoms with Gasteiger partial charge in [0, 0.05) is 19.2 Å². The van der Waals surface area contributed by atoms with Gasteiger partial charge in [-0.3, -0.25) is 4.98 Å². The summed E-state index contributed by atoms with van der Waals surface area (Å²) in [6.45, 7) is 0.199. The number of pyridine rings is 1. The summed E-state index contributed by atoms with van der Waals surface area (Å²) < 4.78 is 5.10. The number of aromatic nitrogens is 3. The molecule has 0 aliphatic rings. The van der Waals surface area contributed by atoms with E-state index in [1.54, 1.807) is 6.20 Å². The molecule has 0 amide bonds. The first-order chi connectivity index (χ1) is 7.90. The van der Waals surface area contributed by atoms with Crippen molar-refractivity contribution in [2.75, 3.05) is 6.61 Å². The second-order valence-electron chi connectivity index (χ2n) is 3.41. The van der Waals surface area contributed by atoms with Crippen LogP contribution < -0.4 is 0 Å². The van der Waals surface area contributed by atoms with Crippen LogP contribution in [0.3, 0.4) is 0 Å². The lowest BCUT2D eigenvalue weighted by molar-refractivity contribution is 0.284. The second kappa shape index (κ2) is 5.37. The highest BCUT2D eigenvalue weighted by molar-refractivity contribution is 5.45. The Morgan fingerprint density at radius 3 is 2.94 bits per heavy atom. The topological polar surface area (TPSA) is 72.0 Å². The van der Waals surface area contributed by atoms with Crippen LogP contribution in [0, 0.1) is 0 Å². The molecule has 0 radical (unpaired) electrons. The van der Waals surface area contributed by atoms with E-state index in [1.165, 1.54) is 0 Å². The molecule has 2 aromatic heterocycles. The Hall–Kier alpha value is -1.75. The van der Waals surface area contributed by atoms with Gasteiger partial charge >= 0.3 is 0 Å². The van der Waals surface area contributed by atoms with E-state index >= 15 is 0 Å². The molecule has 1 N–H and O–H groups in total. The smallest absolute Gasteiger partial charge is 0.276 e. The van der Waals surface area contributed by atoms with Gasteiger partial charge in [-0.2, -0.15) is 4.98 Å². The van der Waals surface area contributed by atoms with Gasteiger partial charge in [-0.15, -0.1) is 0 Å². The van der Waals surface area contributed by atoms with Crippen molar-refractivity contribution >= 4 is 0 Å². The summed E-state index contributed by atoms with van der Waals surface area (Å²) in [7, 11) is 0. The molecule has 5 nitrogen and oxygen atoms in total. The zero-order chi connectivity index (χ0) is 11.2. The van der Waals surface area contributed by atoms with Gasteiger partial charge < -0.3 is 9.63 Å². The molecule has 0 fully saturated rings. The zero-order valence-electron chi connectivity index (χ0n) is 8.83. The monoisotopic (exact) mass is 219 g/mol. The Balaban J connectivity index is 2.02. The van der Waals surface area contributed by atoms with Crippen molar-refractivity contribution in [3.63, 3.8) is 0 Å². The normalized spacial score (nSPS) is 10.6. The van der Waals surface area contributed by atoms with E-state index in [1.807, 2.05) is 18.2 Å². The van der Waals surface area contributed by atoms with Gasteiger partial charge in [-0.25, -0.2) is 0 Å². The van der Waals surface area contributed by atoms with Gasteiger partial charge in [0.1, 0.15) is 5.69 Å². The summed E-state index contributed by atoms with van der Waals surface area (Å²) in [5.74, 6) is 1.11. The average molecular weight is 219 g/mol. The number of aliphatic hydroxyl groups excluding tert-OH is 1. The highest BCUT2D eigenvalue weighted by Crippen LogP contribution is 2.13. The maximum absolute atomic E-state index is 8.65. The summed E-state index contributed by atoms with van der Waals surface area (Å²) in [4.78, 5) is 8.35. The van der Waals surface area contributed by atoms with Crippen LogP contribution in [0.4, 0.5) is 0 Å². The van der Waals surface area contributed by atoms with E-state index in [9.17, 15) is 0 Å². The third-order valence-electron chi connectivity index (χ3n) is 2.16. The molecule has 0 atom stereocenters. The molecular weight excluding hydrogens is 206 g/mol. The van der Waals surface area contributed by atoms with Crippen molar-refractivity contribution in [2.45, 2.75) is 19.3 Å². The van der Waals surface area contributed by atoms with Crippen LogP contribution in [0.15, 0.2) is 28.9 Å². The summed E-state index contributed by atoms with van der Waals surface area (Å²) >= 11 is 0. The van der Waals surface area contributed by atoms with E-state index < -0.39 is 0 Å². The minimum absolute atomic E-state index is 0.199. The third-order valence-corrected chi connectivity index (χ3v) is 2.16. The number of nitrogens with zero attached hydrogens (tertiary/aromatic N) is 3. The predicted octanol–water partition coefficient (Wildman–Crippen LogP) is 1.45. The molecule has 5 heteroatoms. The molecule has 0 aromatic carbocycles. The van der Waals surface area contributed by atoms with Gasteiger partial charge in [-0.05, 0) is 25.0 Å². The molecule has 2 heterocycles. The molecule has 0 aliphatic heterocycles. The lowest BCUT2D eigenvalue weighted by atomic mass is 10.2. The highest BCUT2D eigenvalue weighted by Gasteiger charge is 2.08. The van der Waals surface area contributed by atoms with E-state index in [4.69, 9.17) is 9.63 Å². The Bertz CT molecular complexity index is 428. The minimum atomic E-state index is 0.199. The number of hydrogen-bond acceptors (Lipinski definition) is 5. The molecule has 0 saturated carbocycles. The molecule has 84 valence electrons. The van der Waals surface area contributed by atoms with Gasteiger partial charge in [0.2, 0.25) is 0 Å². The number of hydrogen-bond donors (Lipinski definition) is 1. The molecule has 0 unspecified atom stereocenters. The van der Waals surface area contributed by atoms with Crippen LogP contribution >= 0.6 is 0 Å². The summed E-state index contributed by atoms with van der Waals surface area (Å²) in [6.07, 6.45) is 4.02. The third kappa shape index (κ3) is 2.64. The number of unbranched alkanes of at least 4 members (excludes halogenated alkanes) is 1. The van der Waals surface area contributed by atoms with Crippen molar-refractivity contribution in [2.24, 2.45) is 0 Å². The fraction of sp³-hybridized carbons (Fsp3) is 0.364. The van der Waals surface area contributed by atoms with Gasteiger partial charge in [-0.1, -0.05) is 11.2 Å². The van der Waals surface area contributed by atoms with Crippen molar-refractivity contribution in [3.05, 3.63) is 30.2 Å². The van der Waals surface area contributed by atoms with E-state index in [0.29, 0.717) is 17.4 Å². The molecule has 16 heavy (non-hydrogen) atoms. The van der Waals surface area contributed by atoms with Crippen LogP contribution in [0.25, 0.3) is 11.6 Å². The average Bonchev–Trinajstić information content (AvgIpc) is 2.79. The number of aryl methyl sites for hydroxylation is 1. The molecular formula is C11H13N3O2. The Morgan fingerprint density at radius 1 is 1.25 bits per heavy atom. The van der Waals surface area contributed by atoms with Crippen LogP contribution in [-0.2, 0) is 6.42 Å². The molecule has 0 spiro atoms. The first-order valence-electron chi connectivity index (χ1n) is 5.25. The number of rotatable bonds is 5. The van der Waals surface area contributed by atoms with Gasteiger partial charge in [0.25, 0.3) is 5.89 Å². The van der Waals surface area contributed by atoms with E-state index in [0.717, 1.165) is 19.3 Å². The van der Waals surface area contributed by atoms with Gasteiger partial charge in [0.15, 0.2) is 5.82 Å². The van der Waals surface area contributed by atoms with Crippen molar-refractivity contribution < 1.29 is 9.63 Å². The van der Waals surface area contributed by atoms with E-state index in [2.05, 4.69) is 15.1 Å². The maximum Gasteiger partial charge on any atom is 0.276 e. The first-order valence-corrected chi connectivity index (χ1v) is 5.25. The second-order valence-corrected chi connectivity index (χ2v) is 3.41. The van der Waals surface area contributed by atoms with E-state index in [-0.39, 0.29) is 6.61 Å². The molecule has 2 aromatic rings. The predicted molar refractivity (Wildman–Crippen MR) is 57.6 cm³/mol. The fourth-order valence-corrected chi connectivity index (χ4v) is 1.34. The zero-order valence-corrected chi connectivity index (χ0v) is 8.83. The Labute approximate surface area is 93.1 Å². The van der Waals surface area contributed by atoms with Crippen LogP contribution in [-0.4, -0.2) is 26.8 Å². The Morgan fingerprint density at radius 2 is 2.19 bits per heavy atom. The molecule has 2 rings (SSSR count). The summed E-state index contributed by atoms with van der Waals surface area (Å²) in [6, 6.07) is 5.53. The van der Waals surface area contributed by atoms with Crippen LogP contribution in [0.2, 0.25) is 0 Å². The lowest BCUT2D eigenvalue weighted by Gasteiger charge is -1.91. The van der Waals surface area contributed by atoms with Crippen LogP contribution in [0.5, 0.6) is 0 Å². The molecule has 0 saturated heterocycles. The Kier molecular flexibility index (Phi) is 3.61. The number of aliphatic hydroxyl groups is 1. The van der Waals surface area contributed by atoms with Crippen molar-refractivity contribution in [1.29, 1.82) is 0 Å². The fourth-order valence-electron chi connectivity index (χ4n) is 1.34. The molecule has 0 aliphatic carbocycles. The first kappa shape index (κ1) is 10.8. The van der Waals surface area contributed by atoms with Gasteiger partial charge in [0.05, 0.1) is 0 Å². The summed E-state index contributed by atoms with van der Waals surface area (Å²) in [5.41, 5.74) is 0.684. The standard InChI is InChI=1S/C11H13N3O2/c15-8-4-2-6-10-13-11(16-14-10)9-5-1-3-7-12-9/h1,3,5,7,15H,2,4,6,8H2. The molecule has 0 bridgehead atoms. The largest absolute Gasteiger partial charge is 0.396 e. The van der Waals surface area contributed by atoms with Crippen molar-refractivity contribution in [1.82, 2.24) is 15.1 Å². The SMILES string of the molecule is OCCCCc1noc(-c2ccccn2)n1. The van der Waals surface area contributed by atoms with Crippen LogP contribution in [0.1, 0.15) is 18.7 Å².